The first-order valence-corrected chi connectivity index (χ1v) is 8.45. The molecular formula is C19H27N3O3. The zero-order valence-corrected chi connectivity index (χ0v) is 15.0. The summed E-state index contributed by atoms with van der Waals surface area (Å²) in [6.07, 6.45) is 8.09. The molecule has 2 heterocycles. The summed E-state index contributed by atoms with van der Waals surface area (Å²) in [5.41, 5.74) is 3.73. The Balaban J connectivity index is 0.000000186. The van der Waals surface area contributed by atoms with Crippen LogP contribution in [-0.2, 0) is 11.3 Å². The summed E-state index contributed by atoms with van der Waals surface area (Å²) in [7, 11) is 0. The molecule has 1 aliphatic carbocycles. The van der Waals surface area contributed by atoms with E-state index in [4.69, 9.17) is 4.74 Å². The highest BCUT2D eigenvalue weighted by atomic mass is 16.5. The molecule has 1 aromatic rings. The first-order chi connectivity index (χ1) is 11.9. The van der Waals surface area contributed by atoms with Crippen LogP contribution in [0.3, 0.4) is 0 Å². The predicted molar refractivity (Wildman–Crippen MR) is 98.3 cm³/mol. The molecule has 25 heavy (non-hydrogen) atoms. The molecule has 0 amide bonds. The van der Waals surface area contributed by atoms with E-state index < -0.39 is 12.2 Å². The fourth-order valence-corrected chi connectivity index (χ4v) is 2.92. The van der Waals surface area contributed by atoms with Gasteiger partial charge >= 0.3 is 0 Å². The Morgan fingerprint density at radius 3 is 2.72 bits per heavy atom. The van der Waals surface area contributed by atoms with Crippen molar-refractivity contribution in [3.63, 3.8) is 0 Å². The maximum absolute atomic E-state index is 9.61. The zero-order chi connectivity index (χ0) is 18.4. The lowest BCUT2D eigenvalue weighted by Crippen LogP contribution is -2.33. The molecule has 1 fully saturated rings. The van der Waals surface area contributed by atoms with Crippen molar-refractivity contribution in [2.45, 2.75) is 58.2 Å². The third-order valence-electron chi connectivity index (χ3n) is 4.37. The molecule has 136 valence electrons. The SMILES string of the molecule is C=CN=C(C)C1=C(C)CC=C1.C[C@@H]1O[C@H](Cn2cccn2)[C@@H](O)[C@H]1O. The number of aliphatic hydroxyl groups excluding tert-OH is 2. The second-order valence-electron chi connectivity index (χ2n) is 6.29. The molecule has 1 saturated heterocycles. The number of aromatic nitrogens is 2. The molecular weight excluding hydrogens is 318 g/mol. The number of nitrogens with zero attached hydrogens (tertiary/aromatic N) is 3. The summed E-state index contributed by atoms with van der Waals surface area (Å²) in [5, 5.41) is 23.1. The second-order valence-corrected chi connectivity index (χ2v) is 6.29. The Labute approximate surface area is 148 Å². The van der Waals surface area contributed by atoms with Gasteiger partial charge in [-0.3, -0.25) is 9.67 Å². The molecule has 1 aliphatic heterocycles. The normalized spacial score (nSPS) is 28.9. The quantitative estimate of drug-likeness (QED) is 0.821. The van der Waals surface area contributed by atoms with E-state index in [-0.39, 0.29) is 12.2 Å². The van der Waals surface area contributed by atoms with E-state index in [2.05, 4.69) is 35.7 Å². The Kier molecular flexibility index (Phi) is 6.87. The molecule has 0 saturated carbocycles. The number of allylic oxidation sites excluding steroid dienone is 4. The Morgan fingerprint density at radius 1 is 1.48 bits per heavy atom. The van der Waals surface area contributed by atoms with Crippen molar-refractivity contribution >= 4 is 5.71 Å². The van der Waals surface area contributed by atoms with Gasteiger partial charge < -0.3 is 14.9 Å². The van der Waals surface area contributed by atoms with Gasteiger partial charge in [-0.05, 0) is 38.8 Å². The van der Waals surface area contributed by atoms with E-state index in [9.17, 15) is 10.2 Å². The Hall–Kier alpha value is -2.02. The third kappa shape index (κ3) is 4.98. The number of aliphatic hydroxyl groups is 2. The van der Waals surface area contributed by atoms with Gasteiger partial charge in [0.05, 0.1) is 12.6 Å². The number of hydrogen-bond acceptors (Lipinski definition) is 5. The van der Waals surface area contributed by atoms with Crippen molar-refractivity contribution in [3.05, 3.63) is 54.5 Å². The van der Waals surface area contributed by atoms with Crippen LogP contribution < -0.4 is 0 Å². The molecule has 0 bridgehead atoms. The highest BCUT2D eigenvalue weighted by molar-refractivity contribution is 6.02. The second kappa shape index (κ2) is 8.89. The van der Waals surface area contributed by atoms with Crippen LogP contribution >= 0.6 is 0 Å². The summed E-state index contributed by atoms with van der Waals surface area (Å²) < 4.78 is 7.08. The molecule has 0 unspecified atom stereocenters. The monoisotopic (exact) mass is 345 g/mol. The fourth-order valence-electron chi connectivity index (χ4n) is 2.92. The fraction of sp³-hybridized carbons (Fsp3) is 0.474. The average molecular weight is 345 g/mol. The summed E-state index contributed by atoms with van der Waals surface area (Å²) in [6, 6.07) is 1.81. The highest BCUT2D eigenvalue weighted by Crippen LogP contribution is 2.22. The Bertz CT molecular complexity index is 661. The van der Waals surface area contributed by atoms with Crippen molar-refractivity contribution in [3.8, 4) is 0 Å². The van der Waals surface area contributed by atoms with Gasteiger partial charge in [0, 0.05) is 24.3 Å². The summed E-state index contributed by atoms with van der Waals surface area (Å²) in [4.78, 5) is 4.13. The molecule has 2 N–H and O–H groups in total. The largest absolute Gasteiger partial charge is 0.388 e. The van der Waals surface area contributed by atoms with Crippen molar-refractivity contribution in [1.29, 1.82) is 0 Å². The van der Waals surface area contributed by atoms with E-state index in [1.165, 1.54) is 11.1 Å². The van der Waals surface area contributed by atoms with Gasteiger partial charge in [-0.15, -0.1) is 0 Å². The number of hydrogen-bond donors (Lipinski definition) is 2. The van der Waals surface area contributed by atoms with Crippen molar-refractivity contribution in [2.75, 3.05) is 0 Å². The van der Waals surface area contributed by atoms with Crippen LogP contribution in [0.2, 0.25) is 0 Å². The minimum atomic E-state index is -0.825. The molecule has 6 nitrogen and oxygen atoms in total. The standard InChI is InChI=1S/C10H13N.C9H14N2O3/c1-4-11-9(3)10-7-5-6-8(10)2;1-6-8(12)9(13)7(14-6)5-11-4-2-3-10-11/h4-5,7H,1,6H2,2-3H3;2-4,6-9,12-13H,5H2,1H3/t;6-,7+,8-,9+/m.0/s1. The zero-order valence-electron chi connectivity index (χ0n) is 15.0. The molecule has 2 aliphatic rings. The number of ether oxygens (including phenoxy) is 1. The van der Waals surface area contributed by atoms with Gasteiger partial charge in [0.2, 0.25) is 0 Å². The van der Waals surface area contributed by atoms with Gasteiger partial charge in [0.1, 0.15) is 18.3 Å². The lowest BCUT2D eigenvalue weighted by Gasteiger charge is -2.14. The smallest absolute Gasteiger partial charge is 0.110 e. The maximum Gasteiger partial charge on any atom is 0.110 e. The summed E-state index contributed by atoms with van der Waals surface area (Å²) in [5.74, 6) is 0. The molecule has 4 atom stereocenters. The van der Waals surface area contributed by atoms with Gasteiger partial charge in [-0.2, -0.15) is 5.10 Å². The van der Waals surface area contributed by atoms with Gasteiger partial charge in [-0.25, -0.2) is 0 Å². The molecule has 0 aromatic carbocycles. The van der Waals surface area contributed by atoms with E-state index in [0.29, 0.717) is 6.54 Å². The predicted octanol–water partition coefficient (Wildman–Crippen LogP) is 2.26. The Morgan fingerprint density at radius 2 is 2.24 bits per heavy atom. The molecule has 1 aromatic heterocycles. The van der Waals surface area contributed by atoms with Gasteiger partial charge in [0.25, 0.3) is 0 Å². The first-order valence-electron chi connectivity index (χ1n) is 8.45. The summed E-state index contributed by atoms with van der Waals surface area (Å²) >= 11 is 0. The van der Waals surface area contributed by atoms with Crippen LogP contribution in [0, 0.1) is 0 Å². The molecule has 3 rings (SSSR count). The molecule has 0 spiro atoms. The van der Waals surface area contributed by atoms with Gasteiger partial charge in [-0.1, -0.05) is 24.3 Å². The van der Waals surface area contributed by atoms with Gasteiger partial charge in [0.15, 0.2) is 0 Å². The van der Waals surface area contributed by atoms with Crippen LogP contribution in [0.1, 0.15) is 27.2 Å². The number of rotatable bonds is 4. The minimum Gasteiger partial charge on any atom is -0.388 e. The van der Waals surface area contributed by atoms with Crippen molar-refractivity contribution in [2.24, 2.45) is 4.99 Å². The van der Waals surface area contributed by atoms with Crippen LogP contribution in [0.15, 0.2) is 59.5 Å². The first kappa shape index (κ1) is 19.3. The third-order valence-corrected chi connectivity index (χ3v) is 4.37. The summed E-state index contributed by atoms with van der Waals surface area (Å²) in [6.45, 7) is 9.92. The molecule has 0 radical (unpaired) electrons. The minimum absolute atomic E-state index is 0.314. The molecule has 6 heteroatoms. The van der Waals surface area contributed by atoms with E-state index in [1.54, 1.807) is 36.3 Å². The topological polar surface area (TPSA) is 79.9 Å². The maximum atomic E-state index is 9.61. The van der Waals surface area contributed by atoms with Crippen LogP contribution in [0.25, 0.3) is 0 Å². The highest BCUT2D eigenvalue weighted by Gasteiger charge is 2.40. The average Bonchev–Trinajstić information content (AvgIpc) is 3.29. The lowest BCUT2D eigenvalue weighted by molar-refractivity contribution is 0.00411. The van der Waals surface area contributed by atoms with E-state index in [1.807, 2.05) is 6.92 Å². The van der Waals surface area contributed by atoms with Crippen LogP contribution in [0.4, 0.5) is 0 Å². The van der Waals surface area contributed by atoms with E-state index in [0.717, 1.165) is 12.1 Å². The van der Waals surface area contributed by atoms with E-state index >= 15 is 0 Å². The van der Waals surface area contributed by atoms with Crippen molar-refractivity contribution in [1.82, 2.24) is 9.78 Å². The van der Waals surface area contributed by atoms with Crippen LogP contribution in [0.5, 0.6) is 0 Å². The van der Waals surface area contributed by atoms with Crippen LogP contribution in [-0.4, -0.2) is 50.1 Å². The number of aliphatic imine (C=N–C) groups is 1. The lowest BCUT2D eigenvalue weighted by atomic mass is 10.1. The van der Waals surface area contributed by atoms with Crippen molar-refractivity contribution < 1.29 is 14.9 Å².